The predicted octanol–water partition coefficient (Wildman–Crippen LogP) is 2.53. The lowest BCUT2D eigenvalue weighted by atomic mass is 10.2. The minimum absolute atomic E-state index is 0.0411. The molecule has 0 radical (unpaired) electrons. The van der Waals surface area contributed by atoms with Crippen LogP contribution in [-0.2, 0) is 20.9 Å². The fraction of sp³-hybridized carbons (Fsp3) is 0.421. The van der Waals surface area contributed by atoms with Gasteiger partial charge in [-0.05, 0) is 30.2 Å². The SMILES string of the molecule is COc1ccc(NC(=O)Cn2cc(NC(=O)CCOCC(C)C)cn2)cc1. The molecule has 146 valence electrons. The minimum atomic E-state index is -0.219. The Labute approximate surface area is 158 Å². The zero-order chi connectivity index (χ0) is 19.6. The Hall–Kier alpha value is -2.87. The van der Waals surface area contributed by atoms with Crippen LogP contribution in [0.1, 0.15) is 20.3 Å². The molecule has 2 N–H and O–H groups in total. The van der Waals surface area contributed by atoms with Crippen LogP contribution in [0.2, 0.25) is 0 Å². The smallest absolute Gasteiger partial charge is 0.246 e. The lowest BCUT2D eigenvalue weighted by molar-refractivity contribution is -0.117. The van der Waals surface area contributed by atoms with E-state index in [0.717, 1.165) is 5.75 Å². The predicted molar refractivity (Wildman–Crippen MR) is 103 cm³/mol. The second-order valence-corrected chi connectivity index (χ2v) is 6.47. The summed E-state index contributed by atoms with van der Waals surface area (Å²) in [6.07, 6.45) is 3.39. The first-order valence-corrected chi connectivity index (χ1v) is 8.80. The first-order valence-electron chi connectivity index (χ1n) is 8.80. The van der Waals surface area contributed by atoms with Gasteiger partial charge in [-0.15, -0.1) is 0 Å². The Bertz CT molecular complexity index is 740. The van der Waals surface area contributed by atoms with Crippen LogP contribution in [0.3, 0.4) is 0 Å². The molecule has 0 aliphatic heterocycles. The molecule has 0 atom stereocenters. The van der Waals surface area contributed by atoms with Crippen molar-refractivity contribution >= 4 is 23.2 Å². The van der Waals surface area contributed by atoms with Gasteiger partial charge < -0.3 is 20.1 Å². The second kappa shape index (κ2) is 10.3. The fourth-order valence-corrected chi connectivity index (χ4v) is 2.24. The van der Waals surface area contributed by atoms with Crippen LogP contribution in [0.4, 0.5) is 11.4 Å². The number of carbonyl (C=O) groups is 2. The third kappa shape index (κ3) is 7.49. The maximum Gasteiger partial charge on any atom is 0.246 e. The highest BCUT2D eigenvalue weighted by molar-refractivity contribution is 5.91. The monoisotopic (exact) mass is 374 g/mol. The van der Waals surface area contributed by atoms with Gasteiger partial charge in [-0.2, -0.15) is 5.10 Å². The normalized spacial score (nSPS) is 10.7. The van der Waals surface area contributed by atoms with Gasteiger partial charge in [0.05, 0.1) is 32.0 Å². The molecule has 0 saturated carbocycles. The highest BCUT2D eigenvalue weighted by Gasteiger charge is 2.08. The van der Waals surface area contributed by atoms with E-state index >= 15 is 0 Å². The molecule has 2 aromatic rings. The van der Waals surface area contributed by atoms with E-state index in [4.69, 9.17) is 9.47 Å². The number of carbonyl (C=O) groups excluding carboxylic acids is 2. The zero-order valence-corrected chi connectivity index (χ0v) is 15.9. The van der Waals surface area contributed by atoms with Crippen molar-refractivity contribution in [1.82, 2.24) is 9.78 Å². The molecule has 8 nitrogen and oxygen atoms in total. The van der Waals surface area contributed by atoms with Gasteiger partial charge in [0, 0.05) is 18.5 Å². The number of methoxy groups -OCH3 is 1. The highest BCUT2D eigenvalue weighted by Crippen LogP contribution is 2.15. The van der Waals surface area contributed by atoms with Gasteiger partial charge in [0.25, 0.3) is 0 Å². The van der Waals surface area contributed by atoms with Crippen LogP contribution in [0, 0.1) is 5.92 Å². The number of nitrogens with one attached hydrogen (secondary N) is 2. The van der Waals surface area contributed by atoms with Crippen LogP contribution in [0.15, 0.2) is 36.7 Å². The largest absolute Gasteiger partial charge is 0.497 e. The molecule has 1 aromatic carbocycles. The van der Waals surface area contributed by atoms with Crippen molar-refractivity contribution in [3.05, 3.63) is 36.7 Å². The van der Waals surface area contributed by atoms with Crippen molar-refractivity contribution in [2.24, 2.45) is 5.92 Å². The van der Waals surface area contributed by atoms with Crippen molar-refractivity contribution in [2.45, 2.75) is 26.8 Å². The summed E-state index contributed by atoms with van der Waals surface area (Å²) >= 11 is 0. The summed E-state index contributed by atoms with van der Waals surface area (Å²) in [5, 5.41) is 9.60. The molecular weight excluding hydrogens is 348 g/mol. The molecule has 0 unspecified atom stereocenters. The molecule has 0 fully saturated rings. The Morgan fingerprint density at radius 2 is 1.81 bits per heavy atom. The number of nitrogens with zero attached hydrogens (tertiary/aromatic N) is 2. The van der Waals surface area contributed by atoms with Gasteiger partial charge in [0.15, 0.2) is 0 Å². The molecule has 2 amide bonds. The quantitative estimate of drug-likeness (QED) is 0.623. The van der Waals surface area contributed by atoms with E-state index in [9.17, 15) is 9.59 Å². The molecule has 1 heterocycles. The number of rotatable bonds is 10. The fourth-order valence-electron chi connectivity index (χ4n) is 2.24. The first-order chi connectivity index (χ1) is 13.0. The van der Waals surface area contributed by atoms with Crippen LogP contribution >= 0.6 is 0 Å². The Morgan fingerprint density at radius 3 is 2.48 bits per heavy atom. The van der Waals surface area contributed by atoms with Crippen LogP contribution in [0.5, 0.6) is 5.75 Å². The number of anilines is 2. The van der Waals surface area contributed by atoms with E-state index in [1.165, 1.54) is 10.9 Å². The maximum atomic E-state index is 12.1. The van der Waals surface area contributed by atoms with Crippen molar-refractivity contribution in [1.29, 1.82) is 0 Å². The molecule has 1 aromatic heterocycles. The molecule has 0 bridgehead atoms. The number of benzene rings is 1. The number of hydrogen-bond acceptors (Lipinski definition) is 5. The Morgan fingerprint density at radius 1 is 1.11 bits per heavy atom. The standard InChI is InChI=1S/C19H26N4O4/c1-14(2)13-27-9-8-18(24)22-16-10-20-23(11-16)12-19(25)21-15-4-6-17(26-3)7-5-15/h4-7,10-11,14H,8-9,12-13H2,1-3H3,(H,21,25)(H,22,24). The number of ether oxygens (including phenoxy) is 2. The van der Waals surface area contributed by atoms with Crippen molar-refractivity contribution < 1.29 is 19.1 Å². The van der Waals surface area contributed by atoms with Crippen LogP contribution in [0.25, 0.3) is 0 Å². The minimum Gasteiger partial charge on any atom is -0.497 e. The average Bonchev–Trinajstić information content (AvgIpc) is 3.05. The van der Waals surface area contributed by atoms with E-state index in [1.54, 1.807) is 37.6 Å². The molecular formula is C19H26N4O4. The molecule has 8 heteroatoms. The first kappa shape index (κ1) is 20.4. The molecule has 0 saturated heterocycles. The summed E-state index contributed by atoms with van der Waals surface area (Å²) in [4.78, 5) is 24.0. The van der Waals surface area contributed by atoms with E-state index < -0.39 is 0 Å². The summed E-state index contributed by atoms with van der Waals surface area (Å²) < 4.78 is 11.9. The van der Waals surface area contributed by atoms with Crippen molar-refractivity contribution in [2.75, 3.05) is 31.0 Å². The van der Waals surface area contributed by atoms with Gasteiger partial charge in [-0.3, -0.25) is 14.3 Å². The van der Waals surface area contributed by atoms with E-state index in [0.29, 0.717) is 30.5 Å². The lowest BCUT2D eigenvalue weighted by Crippen LogP contribution is -2.19. The Kier molecular flexibility index (Phi) is 7.81. The second-order valence-electron chi connectivity index (χ2n) is 6.47. The average molecular weight is 374 g/mol. The van der Waals surface area contributed by atoms with Gasteiger partial charge in [0.1, 0.15) is 12.3 Å². The number of amides is 2. The summed E-state index contributed by atoms with van der Waals surface area (Å²) in [5.74, 6) is 0.787. The third-order valence-electron chi connectivity index (χ3n) is 3.52. The summed E-state index contributed by atoms with van der Waals surface area (Å²) in [7, 11) is 1.58. The summed E-state index contributed by atoms with van der Waals surface area (Å²) in [6, 6.07) is 7.05. The topological polar surface area (TPSA) is 94.5 Å². The van der Waals surface area contributed by atoms with Gasteiger partial charge in [-0.1, -0.05) is 13.8 Å². The molecule has 2 rings (SSSR count). The molecule has 27 heavy (non-hydrogen) atoms. The summed E-state index contributed by atoms with van der Waals surface area (Å²) in [6.45, 7) is 5.16. The van der Waals surface area contributed by atoms with E-state index in [-0.39, 0.29) is 24.8 Å². The highest BCUT2D eigenvalue weighted by atomic mass is 16.5. The Balaban J connectivity index is 1.75. The van der Waals surface area contributed by atoms with E-state index in [1.807, 2.05) is 0 Å². The third-order valence-corrected chi connectivity index (χ3v) is 3.52. The number of hydrogen-bond donors (Lipinski definition) is 2. The summed E-state index contributed by atoms with van der Waals surface area (Å²) in [5.41, 5.74) is 1.21. The van der Waals surface area contributed by atoms with Gasteiger partial charge >= 0.3 is 0 Å². The van der Waals surface area contributed by atoms with Crippen LogP contribution in [-0.4, -0.2) is 41.9 Å². The maximum absolute atomic E-state index is 12.1. The van der Waals surface area contributed by atoms with Crippen molar-refractivity contribution in [3.8, 4) is 5.75 Å². The lowest BCUT2D eigenvalue weighted by Gasteiger charge is -2.07. The molecule has 0 aliphatic carbocycles. The van der Waals surface area contributed by atoms with Gasteiger partial charge in [-0.25, -0.2) is 0 Å². The number of aromatic nitrogens is 2. The molecule has 0 spiro atoms. The molecule has 0 aliphatic rings. The zero-order valence-electron chi connectivity index (χ0n) is 15.9. The van der Waals surface area contributed by atoms with Crippen molar-refractivity contribution in [3.63, 3.8) is 0 Å². The van der Waals surface area contributed by atoms with E-state index in [2.05, 4.69) is 29.6 Å². The van der Waals surface area contributed by atoms with Crippen LogP contribution < -0.4 is 15.4 Å². The van der Waals surface area contributed by atoms with Gasteiger partial charge in [0.2, 0.25) is 11.8 Å².